The summed E-state index contributed by atoms with van der Waals surface area (Å²) in [6, 6.07) is 0. The molecule has 0 aromatic carbocycles. The monoisotopic (exact) mass is 155 g/mol. The third-order valence-corrected chi connectivity index (χ3v) is 3.07. The molecule has 1 aliphatic carbocycles. The fraction of sp³-hybridized carbons (Fsp3) is 1.00. The number of hydrogen-bond acceptors (Lipinski definition) is 1. The molecule has 11 heavy (non-hydrogen) atoms. The molecule has 0 aromatic heterocycles. The van der Waals surface area contributed by atoms with Crippen LogP contribution in [0.1, 0.15) is 40.0 Å². The zero-order valence-corrected chi connectivity index (χ0v) is 8.06. The van der Waals surface area contributed by atoms with Gasteiger partial charge in [-0.05, 0) is 36.6 Å². The van der Waals surface area contributed by atoms with Gasteiger partial charge in [-0.2, -0.15) is 0 Å². The van der Waals surface area contributed by atoms with Crippen molar-refractivity contribution in [2.75, 3.05) is 6.54 Å². The van der Waals surface area contributed by atoms with E-state index in [9.17, 15) is 0 Å². The van der Waals surface area contributed by atoms with Gasteiger partial charge in [0.1, 0.15) is 0 Å². The SMILES string of the molecule is CC(C)(C)C1CCCC1CN. The first-order valence-corrected chi connectivity index (χ1v) is 4.76. The van der Waals surface area contributed by atoms with E-state index in [1.165, 1.54) is 19.3 Å². The predicted octanol–water partition coefficient (Wildman–Crippen LogP) is 2.41. The van der Waals surface area contributed by atoms with Crippen LogP contribution < -0.4 is 5.73 Å². The van der Waals surface area contributed by atoms with E-state index < -0.39 is 0 Å². The molecule has 2 atom stereocenters. The zero-order chi connectivity index (χ0) is 8.48. The minimum atomic E-state index is 0.473. The molecule has 1 heteroatoms. The Morgan fingerprint density at radius 2 is 1.91 bits per heavy atom. The Morgan fingerprint density at radius 3 is 2.27 bits per heavy atom. The fourth-order valence-corrected chi connectivity index (χ4v) is 2.46. The number of rotatable bonds is 1. The van der Waals surface area contributed by atoms with Crippen molar-refractivity contribution >= 4 is 0 Å². The van der Waals surface area contributed by atoms with Gasteiger partial charge in [-0.15, -0.1) is 0 Å². The average Bonchev–Trinajstić information content (AvgIpc) is 2.31. The fourth-order valence-electron chi connectivity index (χ4n) is 2.46. The van der Waals surface area contributed by atoms with Crippen LogP contribution >= 0.6 is 0 Å². The van der Waals surface area contributed by atoms with E-state index in [0.29, 0.717) is 5.41 Å². The first-order chi connectivity index (χ1) is 5.05. The molecule has 1 saturated carbocycles. The van der Waals surface area contributed by atoms with Crippen LogP contribution in [0.15, 0.2) is 0 Å². The largest absolute Gasteiger partial charge is 0.330 e. The Hall–Kier alpha value is -0.0400. The van der Waals surface area contributed by atoms with Gasteiger partial charge in [0.2, 0.25) is 0 Å². The van der Waals surface area contributed by atoms with Crippen LogP contribution in [0.3, 0.4) is 0 Å². The second-order valence-electron chi connectivity index (χ2n) is 4.90. The normalized spacial score (nSPS) is 32.7. The summed E-state index contributed by atoms with van der Waals surface area (Å²) in [7, 11) is 0. The highest BCUT2D eigenvalue weighted by atomic mass is 14.6. The van der Waals surface area contributed by atoms with Crippen molar-refractivity contribution in [3.63, 3.8) is 0 Å². The highest BCUT2D eigenvalue weighted by Gasteiger charge is 2.34. The van der Waals surface area contributed by atoms with Crippen LogP contribution in [0.5, 0.6) is 0 Å². The van der Waals surface area contributed by atoms with Crippen LogP contribution in [-0.4, -0.2) is 6.54 Å². The van der Waals surface area contributed by atoms with Crippen LogP contribution in [0, 0.1) is 17.3 Å². The first-order valence-electron chi connectivity index (χ1n) is 4.76. The Balaban J connectivity index is 2.57. The molecule has 0 bridgehead atoms. The summed E-state index contributed by atoms with van der Waals surface area (Å²) in [6.07, 6.45) is 4.15. The van der Waals surface area contributed by atoms with E-state index in [2.05, 4.69) is 20.8 Å². The average molecular weight is 155 g/mol. The van der Waals surface area contributed by atoms with Crippen LogP contribution in [0.4, 0.5) is 0 Å². The van der Waals surface area contributed by atoms with E-state index in [1.807, 2.05) is 0 Å². The second-order valence-corrected chi connectivity index (χ2v) is 4.90. The van der Waals surface area contributed by atoms with Crippen LogP contribution in [0.25, 0.3) is 0 Å². The number of hydrogen-bond donors (Lipinski definition) is 1. The minimum absolute atomic E-state index is 0.473. The molecule has 0 radical (unpaired) electrons. The predicted molar refractivity (Wildman–Crippen MR) is 49.3 cm³/mol. The summed E-state index contributed by atoms with van der Waals surface area (Å²) >= 11 is 0. The Morgan fingerprint density at radius 1 is 1.27 bits per heavy atom. The van der Waals surface area contributed by atoms with Gasteiger partial charge in [0.15, 0.2) is 0 Å². The van der Waals surface area contributed by atoms with Crippen LogP contribution in [-0.2, 0) is 0 Å². The van der Waals surface area contributed by atoms with Crippen molar-refractivity contribution in [3.05, 3.63) is 0 Å². The smallest absolute Gasteiger partial charge is 0.00460 e. The maximum atomic E-state index is 5.72. The molecule has 1 rings (SSSR count). The summed E-state index contributed by atoms with van der Waals surface area (Å²) in [6.45, 7) is 7.91. The van der Waals surface area contributed by atoms with Gasteiger partial charge in [-0.1, -0.05) is 27.2 Å². The summed E-state index contributed by atoms with van der Waals surface area (Å²) in [4.78, 5) is 0. The van der Waals surface area contributed by atoms with Gasteiger partial charge in [0.05, 0.1) is 0 Å². The lowest BCUT2D eigenvalue weighted by atomic mass is 9.75. The molecule has 1 fully saturated rings. The van der Waals surface area contributed by atoms with Gasteiger partial charge in [0.25, 0.3) is 0 Å². The third kappa shape index (κ3) is 1.96. The molecule has 1 nitrogen and oxygen atoms in total. The van der Waals surface area contributed by atoms with Gasteiger partial charge in [-0.3, -0.25) is 0 Å². The molecule has 1 aliphatic rings. The van der Waals surface area contributed by atoms with Gasteiger partial charge < -0.3 is 5.73 Å². The van der Waals surface area contributed by atoms with Gasteiger partial charge in [-0.25, -0.2) is 0 Å². The first kappa shape index (κ1) is 9.05. The quantitative estimate of drug-likeness (QED) is 0.618. The minimum Gasteiger partial charge on any atom is -0.330 e. The summed E-state index contributed by atoms with van der Waals surface area (Å²) in [5.41, 5.74) is 6.19. The lowest BCUT2D eigenvalue weighted by Gasteiger charge is -2.31. The zero-order valence-electron chi connectivity index (χ0n) is 8.06. The van der Waals surface area contributed by atoms with E-state index in [1.54, 1.807) is 0 Å². The van der Waals surface area contributed by atoms with E-state index in [-0.39, 0.29) is 0 Å². The molecule has 2 N–H and O–H groups in total. The van der Waals surface area contributed by atoms with Crippen molar-refractivity contribution in [3.8, 4) is 0 Å². The summed E-state index contributed by atoms with van der Waals surface area (Å²) in [5, 5.41) is 0. The van der Waals surface area contributed by atoms with Crippen molar-refractivity contribution in [2.24, 2.45) is 23.0 Å². The number of nitrogens with two attached hydrogens (primary N) is 1. The highest BCUT2D eigenvalue weighted by Crippen LogP contribution is 2.42. The lowest BCUT2D eigenvalue weighted by Crippen LogP contribution is -2.28. The summed E-state index contributed by atoms with van der Waals surface area (Å²) < 4.78 is 0. The molecule has 0 heterocycles. The van der Waals surface area contributed by atoms with E-state index >= 15 is 0 Å². The molecule has 0 amide bonds. The molecule has 0 saturated heterocycles. The van der Waals surface area contributed by atoms with Crippen molar-refractivity contribution < 1.29 is 0 Å². The van der Waals surface area contributed by atoms with Gasteiger partial charge in [0, 0.05) is 0 Å². The van der Waals surface area contributed by atoms with Crippen LogP contribution in [0.2, 0.25) is 0 Å². The maximum absolute atomic E-state index is 5.72. The molecule has 0 spiro atoms. The maximum Gasteiger partial charge on any atom is -0.00460 e. The van der Waals surface area contributed by atoms with E-state index in [0.717, 1.165) is 18.4 Å². The summed E-state index contributed by atoms with van der Waals surface area (Å²) in [5.74, 6) is 1.67. The van der Waals surface area contributed by atoms with Crippen molar-refractivity contribution in [1.29, 1.82) is 0 Å². The molecular weight excluding hydrogens is 134 g/mol. The van der Waals surface area contributed by atoms with Gasteiger partial charge >= 0.3 is 0 Å². The molecule has 66 valence electrons. The van der Waals surface area contributed by atoms with Crippen molar-refractivity contribution in [1.82, 2.24) is 0 Å². The van der Waals surface area contributed by atoms with Crippen molar-refractivity contribution in [2.45, 2.75) is 40.0 Å². The topological polar surface area (TPSA) is 26.0 Å². The van der Waals surface area contributed by atoms with E-state index in [4.69, 9.17) is 5.73 Å². The highest BCUT2D eigenvalue weighted by molar-refractivity contribution is 4.85. The molecule has 2 unspecified atom stereocenters. The molecule has 0 aromatic rings. The Kier molecular flexibility index (Phi) is 2.58. The Bertz CT molecular complexity index is 123. The second kappa shape index (κ2) is 3.14. The molecule has 0 aliphatic heterocycles. The molecular formula is C10H21N. The standard InChI is InChI=1S/C10H21N/c1-10(2,3)9-6-4-5-8(9)7-11/h8-9H,4-7,11H2,1-3H3. The third-order valence-electron chi connectivity index (χ3n) is 3.07. The Labute approximate surface area is 70.4 Å². The lowest BCUT2D eigenvalue weighted by molar-refractivity contribution is 0.189.